The van der Waals surface area contributed by atoms with Crippen LogP contribution in [0.5, 0.6) is 0 Å². The first-order valence-corrected chi connectivity index (χ1v) is 33.3. The number of carbonyl (C=O) groups excluding carboxylic acids is 1. The quantitative estimate of drug-likeness (QED) is 0.0261. The van der Waals surface area contributed by atoms with Gasteiger partial charge in [-0.15, -0.1) is 0 Å². The number of unbranched alkanes of at least 4 members (excludes halogenated alkanes) is 28. The average Bonchev–Trinajstić information content (AvgIpc) is 3.51. The normalized spacial score (nSPS) is 19.2. The third-order valence-corrected chi connectivity index (χ3v) is 15.0. The molecular formula is C72H123NO8. The maximum atomic E-state index is 13.1. The van der Waals surface area contributed by atoms with Crippen LogP contribution in [0.25, 0.3) is 0 Å². The van der Waals surface area contributed by atoms with E-state index in [-0.39, 0.29) is 12.5 Å². The van der Waals surface area contributed by atoms with Crippen LogP contribution in [-0.4, -0.2) is 87.5 Å². The summed E-state index contributed by atoms with van der Waals surface area (Å²) in [7, 11) is 0. The molecule has 7 atom stereocenters. The third-order valence-electron chi connectivity index (χ3n) is 15.0. The lowest BCUT2D eigenvalue weighted by Crippen LogP contribution is -2.60. The summed E-state index contributed by atoms with van der Waals surface area (Å²) in [4.78, 5) is 13.1. The molecule has 1 aliphatic rings. The van der Waals surface area contributed by atoms with Gasteiger partial charge in [0.2, 0.25) is 5.91 Å². The van der Waals surface area contributed by atoms with E-state index in [2.05, 4.69) is 129 Å². The molecule has 464 valence electrons. The Hall–Kier alpha value is -3.41. The van der Waals surface area contributed by atoms with Crippen molar-refractivity contribution < 1.29 is 39.8 Å². The van der Waals surface area contributed by atoms with Gasteiger partial charge >= 0.3 is 0 Å². The lowest BCUT2D eigenvalue weighted by Gasteiger charge is -2.40. The molecule has 1 amide bonds. The molecule has 7 unspecified atom stereocenters. The maximum Gasteiger partial charge on any atom is 0.220 e. The fraction of sp³-hybridized carbons (Fsp3) is 0.708. The van der Waals surface area contributed by atoms with Crippen molar-refractivity contribution in [1.29, 1.82) is 0 Å². The molecule has 81 heavy (non-hydrogen) atoms. The van der Waals surface area contributed by atoms with Gasteiger partial charge in [-0.3, -0.25) is 4.79 Å². The molecule has 1 heterocycles. The Balaban J connectivity index is 2.23. The van der Waals surface area contributed by atoms with Crippen LogP contribution in [0.1, 0.15) is 271 Å². The summed E-state index contributed by atoms with van der Waals surface area (Å²) >= 11 is 0. The zero-order chi connectivity index (χ0) is 58.6. The SMILES string of the molecule is CC/C=C\C/C=C\C/C=C\C/C=C\C/C=C\C/C=C\C/C=C\CCCCCCCCCC(=O)NC(COC1OC(CO)C(O)C(O)C1O)C(O)/C=C/CC/C=C/CC/C=C/CCCCCCCCCCCCCCCCCCCCC. The predicted molar refractivity (Wildman–Crippen MR) is 345 cm³/mol. The molecule has 0 bridgehead atoms. The third kappa shape index (κ3) is 48.6. The smallest absolute Gasteiger partial charge is 0.220 e. The minimum Gasteiger partial charge on any atom is -0.394 e. The van der Waals surface area contributed by atoms with Gasteiger partial charge < -0.3 is 40.3 Å². The molecule has 0 aliphatic carbocycles. The van der Waals surface area contributed by atoms with Gasteiger partial charge in [0.15, 0.2) is 6.29 Å². The molecule has 1 rings (SSSR count). The molecule has 0 saturated carbocycles. The Kier molecular flexibility index (Phi) is 55.8. The fourth-order valence-corrected chi connectivity index (χ4v) is 9.82. The van der Waals surface area contributed by atoms with E-state index in [4.69, 9.17) is 9.47 Å². The number of rotatable bonds is 56. The Morgan fingerprint density at radius 3 is 1.19 bits per heavy atom. The molecule has 1 aliphatic heterocycles. The van der Waals surface area contributed by atoms with Crippen LogP contribution in [0.4, 0.5) is 0 Å². The summed E-state index contributed by atoms with van der Waals surface area (Å²) in [5.74, 6) is -0.205. The monoisotopic (exact) mass is 1130 g/mol. The molecule has 9 nitrogen and oxygen atoms in total. The van der Waals surface area contributed by atoms with Crippen molar-refractivity contribution in [1.82, 2.24) is 5.32 Å². The van der Waals surface area contributed by atoms with Crippen molar-refractivity contribution in [2.75, 3.05) is 13.2 Å². The van der Waals surface area contributed by atoms with Crippen LogP contribution < -0.4 is 5.32 Å². The second-order valence-corrected chi connectivity index (χ2v) is 22.5. The minimum absolute atomic E-state index is 0.205. The Bertz CT molecular complexity index is 1690. The number of hydrogen-bond donors (Lipinski definition) is 6. The highest BCUT2D eigenvalue weighted by Gasteiger charge is 2.44. The van der Waals surface area contributed by atoms with E-state index in [0.29, 0.717) is 6.42 Å². The summed E-state index contributed by atoms with van der Waals surface area (Å²) in [6, 6.07) is -0.845. The van der Waals surface area contributed by atoms with Crippen molar-refractivity contribution in [3.8, 4) is 0 Å². The highest BCUT2D eigenvalue weighted by molar-refractivity contribution is 5.76. The van der Waals surface area contributed by atoms with Gasteiger partial charge in [0.05, 0.1) is 25.4 Å². The van der Waals surface area contributed by atoms with Gasteiger partial charge in [0.1, 0.15) is 24.4 Å². The highest BCUT2D eigenvalue weighted by Crippen LogP contribution is 2.23. The van der Waals surface area contributed by atoms with Crippen LogP contribution in [0, 0.1) is 0 Å². The minimum atomic E-state index is -1.59. The largest absolute Gasteiger partial charge is 0.394 e. The van der Waals surface area contributed by atoms with Crippen LogP contribution in [0.3, 0.4) is 0 Å². The van der Waals surface area contributed by atoms with Crippen LogP contribution in [-0.2, 0) is 14.3 Å². The van der Waals surface area contributed by atoms with Crippen LogP contribution in [0.2, 0.25) is 0 Å². The highest BCUT2D eigenvalue weighted by atomic mass is 16.7. The van der Waals surface area contributed by atoms with E-state index < -0.39 is 49.5 Å². The number of aliphatic hydroxyl groups excluding tert-OH is 5. The van der Waals surface area contributed by atoms with E-state index >= 15 is 0 Å². The molecule has 0 radical (unpaired) electrons. The van der Waals surface area contributed by atoms with Crippen molar-refractivity contribution >= 4 is 5.91 Å². The zero-order valence-corrected chi connectivity index (χ0v) is 51.7. The number of ether oxygens (including phenoxy) is 2. The molecule has 9 heteroatoms. The molecule has 1 saturated heterocycles. The standard InChI is InChI=1S/C72H123NO8/c1-3-5-7-9-11-13-15-17-19-21-23-25-27-29-31-33-35-37-39-41-43-45-47-49-51-53-55-57-59-61-66(75)65(64-80-72-71(79)70(78)69(77)67(63-74)81-72)73-68(76)62-60-58-56-54-52-50-48-46-44-42-40-38-36-34-32-30-28-26-24-22-20-18-16-14-12-10-8-6-4-2/h6,8,12,14,18,20,24,26,30,32,36,38,42-45,51,53,59,61,65-67,69-72,74-75,77-79H,3-5,7,9-11,13,15-17,19,21-23,25,27-29,31,33-35,37,39-41,46-50,52,54-58,60,62-64H2,1-2H3,(H,73,76)/b8-6-,14-12-,20-18-,26-24-,32-30-,38-36-,44-42-,45-43+,53-51+,61-59+. The predicted octanol–water partition coefficient (Wildman–Crippen LogP) is 17.9. The molecule has 0 aromatic rings. The van der Waals surface area contributed by atoms with Gasteiger partial charge in [-0.2, -0.15) is 0 Å². The van der Waals surface area contributed by atoms with E-state index in [0.717, 1.165) is 109 Å². The van der Waals surface area contributed by atoms with Gasteiger partial charge in [-0.1, -0.05) is 283 Å². The van der Waals surface area contributed by atoms with Crippen LogP contribution in [0.15, 0.2) is 122 Å². The van der Waals surface area contributed by atoms with E-state index in [1.54, 1.807) is 6.08 Å². The van der Waals surface area contributed by atoms with E-state index in [1.165, 1.54) is 141 Å². The number of amides is 1. The summed E-state index contributed by atoms with van der Waals surface area (Å²) in [6.07, 6.45) is 82.9. The molecule has 0 spiro atoms. The van der Waals surface area contributed by atoms with Crippen LogP contribution >= 0.6 is 0 Å². The summed E-state index contributed by atoms with van der Waals surface area (Å²) in [6.45, 7) is 3.65. The molecule has 6 N–H and O–H groups in total. The topological polar surface area (TPSA) is 149 Å². The summed E-state index contributed by atoms with van der Waals surface area (Å²) in [5.41, 5.74) is 0. The second-order valence-electron chi connectivity index (χ2n) is 22.5. The number of carbonyl (C=O) groups is 1. The summed E-state index contributed by atoms with van der Waals surface area (Å²) in [5, 5.41) is 54.7. The van der Waals surface area contributed by atoms with Crippen molar-refractivity contribution in [3.05, 3.63) is 122 Å². The number of nitrogens with one attached hydrogen (secondary N) is 1. The first-order valence-electron chi connectivity index (χ1n) is 33.3. The fourth-order valence-electron chi connectivity index (χ4n) is 9.82. The Morgan fingerprint density at radius 2 is 0.778 bits per heavy atom. The molecule has 0 aromatic heterocycles. The van der Waals surface area contributed by atoms with Crippen molar-refractivity contribution in [2.45, 2.75) is 314 Å². The van der Waals surface area contributed by atoms with E-state index in [1.807, 2.05) is 6.08 Å². The zero-order valence-electron chi connectivity index (χ0n) is 51.7. The van der Waals surface area contributed by atoms with E-state index in [9.17, 15) is 30.3 Å². The Morgan fingerprint density at radius 1 is 0.432 bits per heavy atom. The van der Waals surface area contributed by atoms with Gasteiger partial charge in [0.25, 0.3) is 0 Å². The van der Waals surface area contributed by atoms with Crippen molar-refractivity contribution in [3.63, 3.8) is 0 Å². The molecule has 1 fully saturated rings. The number of allylic oxidation sites excluding steroid dienone is 19. The number of aliphatic hydroxyl groups is 5. The number of hydrogen-bond acceptors (Lipinski definition) is 8. The van der Waals surface area contributed by atoms with Gasteiger partial charge in [0, 0.05) is 6.42 Å². The average molecular weight is 1130 g/mol. The summed E-state index contributed by atoms with van der Waals surface area (Å²) < 4.78 is 11.3. The first-order chi connectivity index (χ1) is 39.8. The molecule has 0 aromatic carbocycles. The second kappa shape index (κ2) is 59.7. The molecular weight excluding hydrogens is 1010 g/mol. The van der Waals surface area contributed by atoms with Gasteiger partial charge in [-0.05, 0) is 103 Å². The maximum absolute atomic E-state index is 13.1. The lowest BCUT2D eigenvalue weighted by atomic mass is 9.99. The van der Waals surface area contributed by atoms with Crippen molar-refractivity contribution in [2.24, 2.45) is 0 Å². The Labute approximate surface area is 497 Å². The first kappa shape index (κ1) is 75.6. The lowest BCUT2D eigenvalue weighted by molar-refractivity contribution is -0.302. The van der Waals surface area contributed by atoms with Gasteiger partial charge in [-0.25, -0.2) is 0 Å².